The monoisotopic (exact) mass is 259 g/mol. The summed E-state index contributed by atoms with van der Waals surface area (Å²) in [5.41, 5.74) is 3.74. The first-order valence-corrected chi connectivity index (χ1v) is 4.95. The lowest BCUT2D eigenvalue weighted by Crippen LogP contribution is -2.26. The van der Waals surface area contributed by atoms with E-state index in [4.69, 9.17) is 5.73 Å². The van der Waals surface area contributed by atoms with E-state index in [0.29, 0.717) is 12.1 Å². The Labute approximate surface area is 101 Å². The van der Waals surface area contributed by atoms with Crippen LogP contribution < -0.4 is 5.73 Å². The number of aldehydes is 1. The predicted octanol–water partition coefficient (Wildman–Crippen LogP) is 0.0470. The van der Waals surface area contributed by atoms with E-state index in [2.05, 4.69) is 0 Å². The molecule has 1 aromatic rings. The second-order valence-electron chi connectivity index (χ2n) is 3.70. The molecule has 0 heterocycles. The summed E-state index contributed by atoms with van der Waals surface area (Å²) in [5, 5.41) is 18.9. The lowest BCUT2D eigenvalue weighted by molar-refractivity contribution is -0.121. The Hall–Kier alpha value is -1.86. The first kappa shape index (κ1) is 14.2. The summed E-state index contributed by atoms with van der Waals surface area (Å²) in [5.74, 6) is -2.99. The average Bonchev–Trinajstić information content (AvgIpc) is 2.29. The van der Waals surface area contributed by atoms with Gasteiger partial charge in [-0.2, -0.15) is 0 Å². The van der Waals surface area contributed by atoms with Crippen molar-refractivity contribution >= 4 is 12.2 Å². The van der Waals surface area contributed by atoms with Gasteiger partial charge in [0, 0.05) is 5.56 Å². The van der Waals surface area contributed by atoms with Crippen molar-refractivity contribution in [1.29, 1.82) is 0 Å². The van der Waals surface area contributed by atoms with Crippen LogP contribution in [-0.4, -0.2) is 28.5 Å². The molecular formula is C11H11F2NO4. The maximum absolute atomic E-state index is 13.5. The highest BCUT2D eigenvalue weighted by Gasteiger charge is 2.24. The van der Waals surface area contributed by atoms with E-state index in [0.717, 1.165) is 0 Å². The van der Waals surface area contributed by atoms with Crippen molar-refractivity contribution in [1.82, 2.24) is 0 Å². The fourth-order valence-corrected chi connectivity index (χ4v) is 1.42. The number of halogens is 2. The van der Waals surface area contributed by atoms with Gasteiger partial charge >= 0.3 is 0 Å². The van der Waals surface area contributed by atoms with Crippen molar-refractivity contribution in [2.45, 2.75) is 18.6 Å². The van der Waals surface area contributed by atoms with Gasteiger partial charge in [0.25, 0.3) is 0 Å². The Bertz CT molecular complexity index is 478. The quantitative estimate of drug-likeness (QED) is 0.650. The molecule has 1 aromatic carbocycles. The van der Waals surface area contributed by atoms with E-state index in [-0.39, 0.29) is 6.29 Å². The van der Waals surface area contributed by atoms with Crippen LogP contribution in [0, 0.1) is 11.6 Å². The summed E-state index contributed by atoms with van der Waals surface area (Å²) >= 11 is 0. The van der Waals surface area contributed by atoms with Crippen molar-refractivity contribution in [3.05, 3.63) is 34.9 Å². The summed E-state index contributed by atoms with van der Waals surface area (Å²) < 4.78 is 26.7. The van der Waals surface area contributed by atoms with Crippen molar-refractivity contribution in [3.8, 4) is 0 Å². The minimum absolute atomic E-state index is 0.119. The fraction of sp³-hybridized carbons (Fsp3) is 0.273. The number of aliphatic hydroxyl groups excluding tert-OH is 2. The van der Waals surface area contributed by atoms with Gasteiger partial charge in [0.05, 0.1) is 18.1 Å². The number of aliphatic hydroxyl groups is 2. The molecule has 0 aliphatic rings. The molecule has 0 spiro atoms. The van der Waals surface area contributed by atoms with Gasteiger partial charge in [0.1, 0.15) is 17.7 Å². The largest absolute Gasteiger partial charge is 0.390 e. The van der Waals surface area contributed by atoms with E-state index in [9.17, 15) is 28.6 Å². The third kappa shape index (κ3) is 3.08. The Morgan fingerprint density at radius 1 is 1.33 bits per heavy atom. The first-order chi connectivity index (χ1) is 8.36. The van der Waals surface area contributed by atoms with Crippen molar-refractivity contribution in [2.75, 3.05) is 0 Å². The topological polar surface area (TPSA) is 101 Å². The molecule has 1 rings (SSSR count). The van der Waals surface area contributed by atoms with Gasteiger partial charge in [-0.1, -0.05) is 0 Å². The van der Waals surface area contributed by atoms with Crippen LogP contribution in [-0.2, 0) is 4.79 Å². The van der Waals surface area contributed by atoms with Crippen LogP contribution in [0.3, 0.4) is 0 Å². The minimum Gasteiger partial charge on any atom is -0.390 e. The van der Waals surface area contributed by atoms with Crippen molar-refractivity contribution in [3.63, 3.8) is 0 Å². The summed E-state index contributed by atoms with van der Waals surface area (Å²) in [7, 11) is 0. The van der Waals surface area contributed by atoms with Gasteiger partial charge in [-0.3, -0.25) is 9.59 Å². The number of hydrogen-bond acceptors (Lipinski definition) is 4. The zero-order valence-electron chi connectivity index (χ0n) is 9.14. The Morgan fingerprint density at radius 3 is 2.44 bits per heavy atom. The number of primary amides is 1. The molecule has 1 amide bonds. The number of carbonyl (C=O) groups is 2. The summed E-state index contributed by atoms with van der Waals surface area (Å²) in [6.07, 6.45) is -3.95. The fourth-order valence-electron chi connectivity index (χ4n) is 1.42. The summed E-state index contributed by atoms with van der Waals surface area (Å²) in [6, 6.07) is 1.19. The minimum atomic E-state index is -1.81. The maximum Gasteiger partial charge on any atom is 0.220 e. The molecule has 7 heteroatoms. The van der Waals surface area contributed by atoms with Crippen LogP contribution >= 0.6 is 0 Å². The Morgan fingerprint density at radius 2 is 1.94 bits per heavy atom. The second kappa shape index (κ2) is 5.65. The van der Waals surface area contributed by atoms with Crippen molar-refractivity contribution < 1.29 is 28.6 Å². The van der Waals surface area contributed by atoms with Crippen molar-refractivity contribution in [2.24, 2.45) is 5.73 Å². The predicted molar refractivity (Wildman–Crippen MR) is 56.5 cm³/mol. The number of carbonyl (C=O) groups excluding carboxylic acids is 2. The molecule has 2 atom stereocenters. The van der Waals surface area contributed by atoms with Gasteiger partial charge in [-0.25, -0.2) is 8.78 Å². The molecule has 2 unspecified atom stereocenters. The number of rotatable bonds is 5. The van der Waals surface area contributed by atoms with Crippen LogP contribution in [0.2, 0.25) is 0 Å². The molecule has 0 aliphatic heterocycles. The molecule has 0 aliphatic carbocycles. The van der Waals surface area contributed by atoms with Crippen LogP contribution in [0.25, 0.3) is 0 Å². The number of benzene rings is 1. The zero-order valence-corrected chi connectivity index (χ0v) is 9.14. The summed E-state index contributed by atoms with van der Waals surface area (Å²) in [4.78, 5) is 20.9. The maximum atomic E-state index is 13.5. The second-order valence-corrected chi connectivity index (χ2v) is 3.70. The number of amides is 1. The van der Waals surface area contributed by atoms with Crippen LogP contribution in [0.15, 0.2) is 12.1 Å². The smallest absolute Gasteiger partial charge is 0.220 e. The molecule has 0 fully saturated rings. The first-order valence-electron chi connectivity index (χ1n) is 4.95. The SMILES string of the molecule is NC(=O)CC(O)C(O)c1cc(F)c(C=O)cc1F. The molecule has 98 valence electrons. The van der Waals surface area contributed by atoms with Gasteiger partial charge in [0.15, 0.2) is 6.29 Å². The number of nitrogens with two attached hydrogens (primary N) is 1. The highest BCUT2D eigenvalue weighted by atomic mass is 19.1. The molecule has 4 N–H and O–H groups in total. The number of hydrogen-bond donors (Lipinski definition) is 3. The molecule has 18 heavy (non-hydrogen) atoms. The highest BCUT2D eigenvalue weighted by molar-refractivity contribution is 5.75. The van der Waals surface area contributed by atoms with E-state index >= 15 is 0 Å². The van der Waals surface area contributed by atoms with Gasteiger partial charge in [-0.05, 0) is 12.1 Å². The normalized spacial score (nSPS) is 14.0. The molecular weight excluding hydrogens is 248 g/mol. The molecule has 0 radical (unpaired) electrons. The van der Waals surface area contributed by atoms with Crippen LogP contribution in [0.1, 0.15) is 28.4 Å². The highest BCUT2D eigenvalue weighted by Crippen LogP contribution is 2.24. The van der Waals surface area contributed by atoms with E-state index in [1.807, 2.05) is 0 Å². The lowest BCUT2D eigenvalue weighted by Gasteiger charge is -2.17. The molecule has 5 nitrogen and oxygen atoms in total. The zero-order chi connectivity index (χ0) is 13.9. The van der Waals surface area contributed by atoms with Gasteiger partial charge in [0.2, 0.25) is 5.91 Å². The standard InChI is InChI=1S/C11H11F2NO4/c12-7-2-6(8(13)1-5(7)4-15)11(18)9(16)3-10(14)17/h1-2,4,9,11,16,18H,3H2,(H2,14,17). The third-order valence-corrected chi connectivity index (χ3v) is 2.34. The Balaban J connectivity index is 3.05. The van der Waals surface area contributed by atoms with Crippen LogP contribution in [0.4, 0.5) is 8.78 Å². The van der Waals surface area contributed by atoms with Gasteiger partial charge in [-0.15, -0.1) is 0 Å². The summed E-state index contributed by atoms with van der Waals surface area (Å²) in [6.45, 7) is 0. The molecule has 0 aromatic heterocycles. The molecule has 0 saturated carbocycles. The molecule has 0 bridgehead atoms. The molecule has 0 saturated heterocycles. The van der Waals surface area contributed by atoms with Crippen LogP contribution in [0.5, 0.6) is 0 Å². The van der Waals surface area contributed by atoms with E-state index in [1.165, 1.54) is 0 Å². The Kier molecular flexibility index (Phi) is 4.46. The van der Waals surface area contributed by atoms with Gasteiger partial charge < -0.3 is 15.9 Å². The lowest BCUT2D eigenvalue weighted by atomic mass is 10.00. The third-order valence-electron chi connectivity index (χ3n) is 2.34. The average molecular weight is 259 g/mol. The van der Waals surface area contributed by atoms with E-state index in [1.54, 1.807) is 0 Å². The van der Waals surface area contributed by atoms with E-state index < -0.39 is 47.3 Å².